The fourth-order valence-electron chi connectivity index (χ4n) is 10.8. The molecule has 0 bridgehead atoms. The molecule has 3 aliphatic rings. The number of carbonyl (C=O) groups excluding carboxylic acids is 2. The summed E-state index contributed by atoms with van der Waals surface area (Å²) in [6, 6.07) is 0.360. The Morgan fingerprint density at radius 3 is 1.20 bits per heavy atom. The fraction of sp³-hybridized carbons (Fsp3) is 0.950. The van der Waals surface area contributed by atoms with Crippen molar-refractivity contribution in [3.63, 3.8) is 0 Å². The molecule has 2 aliphatic heterocycles. The zero-order valence-electron chi connectivity index (χ0n) is 33.5. The molecule has 1 aliphatic carbocycles. The van der Waals surface area contributed by atoms with E-state index < -0.39 is 35.0 Å². The summed E-state index contributed by atoms with van der Waals surface area (Å²) in [5, 5.41) is 57.8. The number of rotatable bonds is 18. The summed E-state index contributed by atoms with van der Waals surface area (Å²) in [7, 11) is 0. The number of hydrogen-bond donors (Lipinski definition) is 4. The number of carbonyl (C=O) groups is 2. The van der Waals surface area contributed by atoms with Crippen LogP contribution in [-0.4, -0.2) is 105 Å². The fourth-order valence-corrected chi connectivity index (χ4v) is 10.8. The standard InChI is InChI=1S/C40H76N4O6/c1-11-13-19-43(29-21-35(3,4)41-36(5,6)22-29)27-31(45)25-39(33(47)48)17-15-16-18-40(39,34(49)50)26-32(46)28-44(20-14-12-2)30-23-37(7,8)42-38(9,10)24-30/h29-32,41-42,45-46H,11-28H2,1-10H3,(H,47,48)(H,49,50)/p-2. The number of aliphatic hydroxyl groups excluding tert-OH is 2. The van der Waals surface area contributed by atoms with Crippen molar-refractivity contribution in [2.75, 3.05) is 26.2 Å². The average molecular weight is 707 g/mol. The topological polar surface area (TPSA) is 151 Å². The minimum Gasteiger partial charge on any atom is -0.550 e. The van der Waals surface area contributed by atoms with Crippen molar-refractivity contribution in [3.05, 3.63) is 0 Å². The van der Waals surface area contributed by atoms with Crippen LogP contribution in [0.1, 0.15) is 159 Å². The lowest BCUT2D eigenvalue weighted by Crippen LogP contribution is -2.65. The van der Waals surface area contributed by atoms with Crippen molar-refractivity contribution in [1.82, 2.24) is 20.4 Å². The number of carboxylic acids is 2. The van der Waals surface area contributed by atoms with E-state index in [1.807, 2.05) is 0 Å². The maximum Gasteiger partial charge on any atom is 0.0676 e. The van der Waals surface area contributed by atoms with E-state index in [0.29, 0.717) is 12.8 Å². The largest absolute Gasteiger partial charge is 0.550 e. The maximum atomic E-state index is 13.4. The quantitative estimate of drug-likeness (QED) is 0.167. The van der Waals surface area contributed by atoms with E-state index >= 15 is 0 Å². The highest BCUT2D eigenvalue weighted by molar-refractivity contribution is 5.85. The Morgan fingerprint density at radius 2 is 0.940 bits per heavy atom. The van der Waals surface area contributed by atoms with Gasteiger partial charge in [0.05, 0.1) is 12.2 Å². The molecular formula is C40H74N4O6-2. The monoisotopic (exact) mass is 707 g/mol. The molecule has 4 N–H and O–H groups in total. The van der Waals surface area contributed by atoms with Crippen molar-refractivity contribution in [2.45, 2.75) is 206 Å². The summed E-state index contributed by atoms with van der Waals surface area (Å²) in [5.74, 6) is -2.91. The molecule has 292 valence electrons. The number of piperidine rings is 2. The molecular weight excluding hydrogens is 632 g/mol. The van der Waals surface area contributed by atoms with Gasteiger partial charge in [0.1, 0.15) is 0 Å². The predicted octanol–water partition coefficient (Wildman–Crippen LogP) is 3.36. The van der Waals surface area contributed by atoms with Gasteiger partial charge < -0.3 is 40.6 Å². The number of nitrogens with one attached hydrogen (secondary N) is 2. The van der Waals surface area contributed by atoms with Gasteiger partial charge in [-0.05, 0) is 133 Å². The Bertz CT molecular complexity index is 1010. The van der Waals surface area contributed by atoms with Gasteiger partial charge in [0.25, 0.3) is 0 Å². The van der Waals surface area contributed by atoms with Gasteiger partial charge in [-0.3, -0.25) is 9.80 Å². The molecule has 0 spiro atoms. The highest BCUT2D eigenvalue weighted by atomic mass is 16.4. The minimum atomic E-state index is -1.86. The third-order valence-electron chi connectivity index (χ3n) is 12.2. The van der Waals surface area contributed by atoms with Crippen LogP contribution in [0.5, 0.6) is 0 Å². The van der Waals surface area contributed by atoms with Crippen LogP contribution in [-0.2, 0) is 9.59 Å². The molecule has 10 heteroatoms. The molecule has 0 aromatic heterocycles. The summed E-state index contributed by atoms with van der Waals surface area (Å²) in [5.41, 5.74) is -4.16. The molecule has 2 saturated heterocycles. The Hall–Kier alpha value is -1.30. The number of nitrogens with zero attached hydrogens (tertiary/aromatic N) is 2. The Labute approximate surface area is 304 Å². The van der Waals surface area contributed by atoms with Crippen molar-refractivity contribution < 1.29 is 30.0 Å². The lowest BCUT2D eigenvalue weighted by molar-refractivity contribution is -0.351. The van der Waals surface area contributed by atoms with Crippen LogP contribution >= 0.6 is 0 Å². The van der Waals surface area contributed by atoms with E-state index in [-0.39, 0.29) is 73.0 Å². The van der Waals surface area contributed by atoms with Crippen molar-refractivity contribution in [3.8, 4) is 0 Å². The van der Waals surface area contributed by atoms with E-state index in [0.717, 1.165) is 64.5 Å². The number of unbranched alkanes of at least 4 members (excludes halogenated alkanes) is 2. The number of aliphatic carboxylic acids is 2. The van der Waals surface area contributed by atoms with E-state index in [4.69, 9.17) is 0 Å². The molecule has 0 aromatic carbocycles. The highest BCUT2D eigenvalue weighted by Crippen LogP contribution is 2.56. The summed E-state index contributed by atoms with van der Waals surface area (Å²) >= 11 is 0. The van der Waals surface area contributed by atoms with Crippen LogP contribution in [0.2, 0.25) is 0 Å². The molecule has 0 amide bonds. The third kappa shape index (κ3) is 10.9. The second-order valence-electron chi connectivity index (χ2n) is 19.3. The van der Waals surface area contributed by atoms with E-state index in [9.17, 15) is 30.0 Å². The molecule has 3 rings (SSSR count). The first-order chi connectivity index (χ1) is 23.0. The van der Waals surface area contributed by atoms with Gasteiger partial charge in [-0.1, -0.05) is 39.5 Å². The van der Waals surface area contributed by atoms with Crippen LogP contribution in [0.25, 0.3) is 0 Å². The Balaban J connectivity index is 1.90. The number of carboxylic acid groups (broad SMARTS) is 2. The van der Waals surface area contributed by atoms with Crippen molar-refractivity contribution in [2.24, 2.45) is 10.8 Å². The molecule has 2 heterocycles. The summed E-state index contributed by atoms with van der Waals surface area (Å²) in [6.07, 6.45) is 5.92. The van der Waals surface area contributed by atoms with Crippen LogP contribution in [0.3, 0.4) is 0 Å². The van der Waals surface area contributed by atoms with Gasteiger partial charge in [0.15, 0.2) is 0 Å². The lowest BCUT2D eigenvalue weighted by Gasteiger charge is -2.57. The second-order valence-corrected chi connectivity index (χ2v) is 19.3. The van der Waals surface area contributed by atoms with Crippen LogP contribution < -0.4 is 20.8 Å². The molecule has 10 nitrogen and oxygen atoms in total. The maximum absolute atomic E-state index is 13.4. The first kappa shape index (κ1) is 43.1. The molecule has 4 unspecified atom stereocenters. The lowest BCUT2D eigenvalue weighted by atomic mass is 9.52. The van der Waals surface area contributed by atoms with Gasteiger partial charge >= 0.3 is 0 Å². The highest BCUT2D eigenvalue weighted by Gasteiger charge is 2.56. The number of aliphatic hydroxyl groups is 2. The van der Waals surface area contributed by atoms with Gasteiger partial charge in [-0.25, -0.2) is 0 Å². The van der Waals surface area contributed by atoms with Crippen LogP contribution in [0, 0.1) is 10.8 Å². The normalized spacial score (nSPS) is 29.6. The molecule has 50 heavy (non-hydrogen) atoms. The van der Waals surface area contributed by atoms with E-state index in [1.165, 1.54) is 0 Å². The zero-order chi connectivity index (χ0) is 37.8. The predicted molar refractivity (Wildman–Crippen MR) is 196 cm³/mol. The van der Waals surface area contributed by atoms with Gasteiger partial charge in [-0.2, -0.15) is 0 Å². The molecule has 1 saturated carbocycles. The SMILES string of the molecule is CCCCN(CC(O)CC1(C(=O)[O-])CCCCC1(CC(O)CN(CCCC)C1CC(C)(C)NC(C)(C)C1)C(=O)[O-])C1CC(C)(C)NC(C)(C)C1. The first-order valence-electron chi connectivity index (χ1n) is 19.9. The van der Waals surface area contributed by atoms with E-state index in [2.05, 4.69) is 89.7 Å². The van der Waals surface area contributed by atoms with Crippen molar-refractivity contribution >= 4 is 11.9 Å². The van der Waals surface area contributed by atoms with Crippen molar-refractivity contribution in [1.29, 1.82) is 0 Å². The molecule has 0 radical (unpaired) electrons. The summed E-state index contributed by atoms with van der Waals surface area (Å²) in [4.78, 5) is 31.3. The minimum absolute atomic E-state index is 0.0751. The second kappa shape index (κ2) is 16.8. The molecule has 4 atom stereocenters. The smallest absolute Gasteiger partial charge is 0.0676 e. The average Bonchev–Trinajstić information content (AvgIpc) is 2.94. The first-order valence-corrected chi connectivity index (χ1v) is 19.9. The van der Waals surface area contributed by atoms with Gasteiger partial charge in [0.2, 0.25) is 0 Å². The summed E-state index contributed by atoms with van der Waals surface area (Å²) in [6.45, 7) is 23.9. The molecule has 3 fully saturated rings. The molecule has 0 aromatic rings. The third-order valence-corrected chi connectivity index (χ3v) is 12.2. The van der Waals surface area contributed by atoms with Crippen LogP contribution in [0.15, 0.2) is 0 Å². The Morgan fingerprint density at radius 1 is 0.640 bits per heavy atom. The van der Waals surface area contributed by atoms with Gasteiger partial charge in [0, 0.05) is 70.1 Å². The zero-order valence-corrected chi connectivity index (χ0v) is 33.5. The summed E-state index contributed by atoms with van der Waals surface area (Å²) < 4.78 is 0. The number of hydrogen-bond acceptors (Lipinski definition) is 10. The van der Waals surface area contributed by atoms with Gasteiger partial charge in [-0.15, -0.1) is 0 Å². The van der Waals surface area contributed by atoms with Crippen LogP contribution in [0.4, 0.5) is 0 Å². The van der Waals surface area contributed by atoms with E-state index in [1.54, 1.807) is 0 Å². The Kier molecular flexibility index (Phi) is 14.5.